The Balaban J connectivity index is 3.08. The molecule has 1 rings (SSSR count). The predicted octanol–water partition coefficient (Wildman–Crippen LogP) is 2.77. The Morgan fingerprint density at radius 2 is 1.95 bits per heavy atom. The molecule has 0 saturated carbocycles. The SMILES string of the molecule is COc1cc(F)c(C(OCC(=O)O)C(C)C)cc1F. The summed E-state index contributed by atoms with van der Waals surface area (Å²) in [5.74, 6) is -2.99. The van der Waals surface area contributed by atoms with Crippen molar-refractivity contribution in [3.8, 4) is 5.75 Å². The summed E-state index contributed by atoms with van der Waals surface area (Å²) in [6.07, 6.45) is -0.837. The molecule has 1 N–H and O–H groups in total. The fourth-order valence-electron chi connectivity index (χ4n) is 1.72. The van der Waals surface area contributed by atoms with E-state index in [4.69, 9.17) is 9.84 Å². The van der Waals surface area contributed by atoms with E-state index >= 15 is 0 Å². The third-order valence-electron chi connectivity index (χ3n) is 2.57. The fraction of sp³-hybridized carbons (Fsp3) is 0.462. The van der Waals surface area contributed by atoms with E-state index in [9.17, 15) is 13.6 Å². The zero-order chi connectivity index (χ0) is 14.6. The predicted molar refractivity (Wildman–Crippen MR) is 64.1 cm³/mol. The Morgan fingerprint density at radius 3 is 2.42 bits per heavy atom. The first-order valence-corrected chi connectivity index (χ1v) is 5.73. The first-order valence-electron chi connectivity index (χ1n) is 5.73. The molecule has 19 heavy (non-hydrogen) atoms. The molecular formula is C13H16F2O4. The molecule has 1 unspecified atom stereocenters. The molecule has 106 valence electrons. The number of carbonyl (C=O) groups is 1. The maximum atomic E-state index is 13.9. The molecule has 4 nitrogen and oxygen atoms in total. The van der Waals surface area contributed by atoms with Crippen molar-refractivity contribution in [3.63, 3.8) is 0 Å². The molecule has 1 aromatic carbocycles. The van der Waals surface area contributed by atoms with Crippen LogP contribution in [-0.4, -0.2) is 24.8 Å². The van der Waals surface area contributed by atoms with E-state index in [1.807, 2.05) is 0 Å². The number of benzene rings is 1. The van der Waals surface area contributed by atoms with Gasteiger partial charge in [-0.25, -0.2) is 13.6 Å². The van der Waals surface area contributed by atoms with Gasteiger partial charge >= 0.3 is 5.97 Å². The van der Waals surface area contributed by atoms with Gasteiger partial charge in [-0.05, 0) is 12.0 Å². The Labute approximate surface area is 109 Å². The highest BCUT2D eigenvalue weighted by atomic mass is 19.1. The normalized spacial score (nSPS) is 12.5. The van der Waals surface area contributed by atoms with Gasteiger partial charge in [-0.3, -0.25) is 0 Å². The van der Waals surface area contributed by atoms with Crippen molar-refractivity contribution >= 4 is 5.97 Å². The van der Waals surface area contributed by atoms with Gasteiger partial charge in [-0.15, -0.1) is 0 Å². The molecule has 0 radical (unpaired) electrons. The van der Waals surface area contributed by atoms with Crippen molar-refractivity contribution < 1.29 is 28.2 Å². The summed E-state index contributed by atoms with van der Waals surface area (Å²) in [7, 11) is 1.23. The van der Waals surface area contributed by atoms with E-state index in [1.54, 1.807) is 13.8 Å². The molecular weight excluding hydrogens is 258 g/mol. The van der Waals surface area contributed by atoms with Crippen LogP contribution in [0.5, 0.6) is 5.75 Å². The molecule has 0 aliphatic rings. The van der Waals surface area contributed by atoms with Crippen molar-refractivity contribution in [2.24, 2.45) is 5.92 Å². The van der Waals surface area contributed by atoms with Crippen molar-refractivity contribution in [1.82, 2.24) is 0 Å². The highest BCUT2D eigenvalue weighted by Crippen LogP contribution is 2.31. The Bertz CT molecular complexity index is 460. The zero-order valence-corrected chi connectivity index (χ0v) is 10.9. The summed E-state index contributed by atoms with van der Waals surface area (Å²) in [4.78, 5) is 10.5. The number of aliphatic carboxylic acids is 1. The maximum Gasteiger partial charge on any atom is 0.329 e. The lowest BCUT2D eigenvalue weighted by Crippen LogP contribution is -2.18. The van der Waals surface area contributed by atoms with E-state index in [2.05, 4.69) is 4.74 Å². The van der Waals surface area contributed by atoms with Crippen LogP contribution in [0.15, 0.2) is 12.1 Å². The molecule has 0 aromatic heterocycles. The Morgan fingerprint density at radius 1 is 1.32 bits per heavy atom. The highest BCUT2D eigenvalue weighted by Gasteiger charge is 2.23. The number of ether oxygens (including phenoxy) is 2. The first-order chi connectivity index (χ1) is 8.86. The van der Waals surface area contributed by atoms with Gasteiger partial charge < -0.3 is 14.6 Å². The van der Waals surface area contributed by atoms with Crippen molar-refractivity contribution in [2.75, 3.05) is 13.7 Å². The molecule has 6 heteroatoms. The number of methoxy groups -OCH3 is 1. The quantitative estimate of drug-likeness (QED) is 0.866. The molecule has 0 amide bonds. The minimum atomic E-state index is -1.17. The minimum Gasteiger partial charge on any atom is -0.494 e. The fourth-order valence-corrected chi connectivity index (χ4v) is 1.72. The van der Waals surface area contributed by atoms with Crippen LogP contribution in [0.3, 0.4) is 0 Å². The smallest absolute Gasteiger partial charge is 0.329 e. The summed E-state index contributed by atoms with van der Waals surface area (Å²) in [6, 6.07) is 1.89. The number of hydrogen-bond donors (Lipinski definition) is 1. The van der Waals surface area contributed by atoms with Crippen molar-refractivity contribution in [3.05, 3.63) is 29.3 Å². The molecule has 0 aliphatic carbocycles. The van der Waals surface area contributed by atoms with Crippen LogP contribution in [0.2, 0.25) is 0 Å². The van der Waals surface area contributed by atoms with Gasteiger partial charge in [0.05, 0.1) is 13.2 Å². The van der Waals surface area contributed by atoms with Crippen LogP contribution < -0.4 is 4.74 Å². The molecule has 1 atom stereocenters. The topological polar surface area (TPSA) is 55.8 Å². The number of carboxylic acids is 1. The van der Waals surface area contributed by atoms with E-state index in [0.717, 1.165) is 12.1 Å². The van der Waals surface area contributed by atoms with Gasteiger partial charge in [-0.2, -0.15) is 0 Å². The number of hydrogen-bond acceptors (Lipinski definition) is 3. The summed E-state index contributed by atoms with van der Waals surface area (Å²) < 4.78 is 37.3. The van der Waals surface area contributed by atoms with Crippen LogP contribution in [-0.2, 0) is 9.53 Å². The van der Waals surface area contributed by atoms with Gasteiger partial charge in [-0.1, -0.05) is 13.8 Å². The average molecular weight is 274 g/mol. The van der Waals surface area contributed by atoms with E-state index < -0.39 is 30.3 Å². The molecule has 0 spiro atoms. The Kier molecular flexibility index (Phi) is 5.23. The van der Waals surface area contributed by atoms with Gasteiger partial charge in [0.25, 0.3) is 0 Å². The molecule has 0 bridgehead atoms. The average Bonchev–Trinajstić information content (AvgIpc) is 2.32. The molecule has 0 heterocycles. The third-order valence-corrected chi connectivity index (χ3v) is 2.57. The van der Waals surface area contributed by atoms with Crippen molar-refractivity contribution in [1.29, 1.82) is 0 Å². The minimum absolute atomic E-state index is 0.0189. The number of rotatable bonds is 6. The molecule has 0 saturated heterocycles. The summed E-state index contributed by atoms with van der Waals surface area (Å²) in [5, 5.41) is 8.58. The first kappa shape index (κ1) is 15.4. The van der Waals surface area contributed by atoms with Crippen LogP contribution in [0.25, 0.3) is 0 Å². The van der Waals surface area contributed by atoms with E-state index in [-0.39, 0.29) is 17.2 Å². The van der Waals surface area contributed by atoms with E-state index in [1.165, 1.54) is 7.11 Å². The summed E-state index contributed by atoms with van der Waals surface area (Å²) >= 11 is 0. The van der Waals surface area contributed by atoms with Crippen LogP contribution in [0, 0.1) is 17.6 Å². The lowest BCUT2D eigenvalue weighted by molar-refractivity contribution is -0.145. The second-order valence-corrected chi connectivity index (χ2v) is 4.38. The highest BCUT2D eigenvalue weighted by molar-refractivity contribution is 5.68. The molecule has 0 fully saturated rings. The lowest BCUT2D eigenvalue weighted by atomic mass is 9.98. The van der Waals surface area contributed by atoms with Crippen LogP contribution in [0.4, 0.5) is 8.78 Å². The maximum absolute atomic E-state index is 13.9. The molecule has 0 aliphatic heterocycles. The second kappa shape index (κ2) is 6.47. The van der Waals surface area contributed by atoms with Crippen LogP contribution in [0.1, 0.15) is 25.5 Å². The second-order valence-electron chi connectivity index (χ2n) is 4.38. The van der Waals surface area contributed by atoms with Crippen molar-refractivity contribution in [2.45, 2.75) is 20.0 Å². The molecule has 1 aromatic rings. The summed E-state index contributed by atoms with van der Waals surface area (Å²) in [5.41, 5.74) is -0.0189. The lowest BCUT2D eigenvalue weighted by Gasteiger charge is -2.22. The standard InChI is InChI=1S/C13H16F2O4/c1-7(2)13(19-6-12(16)17)8-4-10(15)11(18-3)5-9(8)14/h4-5,7,13H,6H2,1-3H3,(H,16,17). The van der Waals surface area contributed by atoms with Gasteiger partial charge in [0.2, 0.25) is 0 Å². The monoisotopic (exact) mass is 274 g/mol. The number of halogens is 2. The van der Waals surface area contributed by atoms with E-state index in [0.29, 0.717) is 0 Å². The number of carboxylic acid groups (broad SMARTS) is 1. The van der Waals surface area contributed by atoms with Crippen LogP contribution >= 0.6 is 0 Å². The largest absolute Gasteiger partial charge is 0.494 e. The van der Waals surface area contributed by atoms with Gasteiger partial charge in [0, 0.05) is 11.6 Å². The zero-order valence-electron chi connectivity index (χ0n) is 10.9. The summed E-state index contributed by atoms with van der Waals surface area (Å²) in [6.45, 7) is 2.89. The van der Waals surface area contributed by atoms with Gasteiger partial charge in [0.1, 0.15) is 12.4 Å². The third kappa shape index (κ3) is 3.89. The van der Waals surface area contributed by atoms with Gasteiger partial charge in [0.15, 0.2) is 11.6 Å². The Hall–Kier alpha value is -1.69.